The monoisotopic (exact) mass is 234 g/mol. The number of hydrogen-bond acceptors (Lipinski definition) is 2. The van der Waals surface area contributed by atoms with Gasteiger partial charge in [0.15, 0.2) is 0 Å². The summed E-state index contributed by atoms with van der Waals surface area (Å²) in [6, 6.07) is 5.07. The maximum absolute atomic E-state index is 13.9. The lowest BCUT2D eigenvalue weighted by molar-refractivity contribution is 0.560. The first-order valence-electron chi connectivity index (χ1n) is 5.79. The molecule has 0 aromatic heterocycles. The Bertz CT molecular complexity index is 409. The third-order valence-corrected chi connectivity index (χ3v) is 2.90. The molecule has 2 nitrogen and oxygen atoms in total. The van der Waals surface area contributed by atoms with Gasteiger partial charge >= 0.3 is 0 Å². The van der Waals surface area contributed by atoms with Crippen molar-refractivity contribution in [1.82, 2.24) is 5.32 Å². The van der Waals surface area contributed by atoms with E-state index in [9.17, 15) is 4.39 Å². The molecule has 1 rings (SSSR count). The summed E-state index contributed by atoms with van der Waals surface area (Å²) in [5.74, 6) is 2.41. The molecule has 0 aliphatic carbocycles. The lowest BCUT2D eigenvalue weighted by atomic mass is 10.0. The van der Waals surface area contributed by atoms with Crippen molar-refractivity contribution in [1.29, 1.82) is 0 Å². The highest BCUT2D eigenvalue weighted by Gasteiger charge is 2.17. The lowest BCUT2D eigenvalue weighted by Gasteiger charge is -2.26. The van der Waals surface area contributed by atoms with Crippen LogP contribution in [0.3, 0.4) is 0 Å². The molecule has 0 heterocycles. The molecule has 1 N–H and O–H groups in total. The molecule has 0 saturated heterocycles. The van der Waals surface area contributed by atoms with Crippen LogP contribution in [0.5, 0.6) is 0 Å². The van der Waals surface area contributed by atoms with Gasteiger partial charge in [-0.2, -0.15) is 0 Å². The summed E-state index contributed by atoms with van der Waals surface area (Å²) in [5.41, 5.74) is 1.54. The third kappa shape index (κ3) is 2.98. The number of halogens is 1. The van der Waals surface area contributed by atoms with Crippen molar-refractivity contribution in [3.8, 4) is 12.3 Å². The van der Waals surface area contributed by atoms with Crippen LogP contribution in [0.2, 0.25) is 0 Å². The maximum atomic E-state index is 13.9. The van der Waals surface area contributed by atoms with Crippen molar-refractivity contribution in [3.63, 3.8) is 0 Å². The van der Waals surface area contributed by atoms with Gasteiger partial charge in [0, 0.05) is 23.8 Å². The molecule has 0 amide bonds. The summed E-state index contributed by atoms with van der Waals surface area (Å²) in [5, 5.41) is 3.07. The second kappa shape index (κ2) is 6.27. The van der Waals surface area contributed by atoms with Gasteiger partial charge in [-0.05, 0) is 33.0 Å². The van der Waals surface area contributed by atoms with Crippen LogP contribution in [0.1, 0.15) is 25.5 Å². The molecule has 17 heavy (non-hydrogen) atoms. The zero-order valence-corrected chi connectivity index (χ0v) is 10.6. The van der Waals surface area contributed by atoms with Crippen molar-refractivity contribution >= 4 is 5.69 Å². The molecular formula is C14H19FN2. The Kier molecular flexibility index (Phi) is 4.99. The average molecular weight is 234 g/mol. The van der Waals surface area contributed by atoms with Crippen LogP contribution in [0, 0.1) is 18.2 Å². The Morgan fingerprint density at radius 3 is 2.76 bits per heavy atom. The fourth-order valence-electron chi connectivity index (χ4n) is 1.85. The van der Waals surface area contributed by atoms with Crippen LogP contribution < -0.4 is 10.2 Å². The van der Waals surface area contributed by atoms with Gasteiger partial charge in [0.05, 0.1) is 6.54 Å². The van der Waals surface area contributed by atoms with Gasteiger partial charge in [0.2, 0.25) is 0 Å². The molecule has 0 aliphatic heterocycles. The maximum Gasteiger partial charge on any atom is 0.130 e. The second-order valence-electron chi connectivity index (χ2n) is 3.90. The minimum atomic E-state index is -0.195. The zero-order valence-electron chi connectivity index (χ0n) is 10.6. The summed E-state index contributed by atoms with van der Waals surface area (Å²) in [4.78, 5) is 1.99. The van der Waals surface area contributed by atoms with E-state index in [1.54, 1.807) is 6.07 Å². The molecule has 1 aromatic carbocycles. The number of benzene rings is 1. The molecule has 0 fully saturated rings. The Hall–Kier alpha value is -1.53. The van der Waals surface area contributed by atoms with Crippen LogP contribution >= 0.6 is 0 Å². The summed E-state index contributed by atoms with van der Waals surface area (Å²) in [7, 11) is 1.82. The molecular weight excluding hydrogens is 215 g/mol. The molecule has 0 radical (unpaired) electrons. The number of nitrogens with one attached hydrogen (secondary N) is 1. The van der Waals surface area contributed by atoms with Crippen molar-refractivity contribution in [3.05, 3.63) is 29.6 Å². The standard InChI is InChI=1S/C14H19FN2/c1-5-10-17(6-2)13-9-7-8-12(15)14(13)11(3)16-4/h1,7-9,11,16H,6,10H2,2-4H3. The van der Waals surface area contributed by atoms with Crippen LogP contribution in [0.15, 0.2) is 18.2 Å². The summed E-state index contributed by atoms with van der Waals surface area (Å²) >= 11 is 0. The molecule has 0 aliphatic rings. The first kappa shape index (κ1) is 13.5. The van der Waals surface area contributed by atoms with Crippen molar-refractivity contribution in [2.24, 2.45) is 0 Å². The van der Waals surface area contributed by atoms with Gasteiger partial charge in [-0.1, -0.05) is 12.0 Å². The van der Waals surface area contributed by atoms with E-state index in [4.69, 9.17) is 6.42 Å². The Labute approximate surface area is 103 Å². The summed E-state index contributed by atoms with van der Waals surface area (Å²) < 4.78 is 13.9. The van der Waals surface area contributed by atoms with Crippen molar-refractivity contribution in [2.45, 2.75) is 19.9 Å². The Morgan fingerprint density at radius 1 is 1.53 bits per heavy atom. The zero-order chi connectivity index (χ0) is 12.8. The quantitative estimate of drug-likeness (QED) is 0.788. The average Bonchev–Trinajstić information content (AvgIpc) is 2.34. The Balaban J connectivity index is 3.22. The number of anilines is 1. The molecule has 3 heteroatoms. The van der Waals surface area contributed by atoms with Crippen molar-refractivity contribution < 1.29 is 4.39 Å². The van der Waals surface area contributed by atoms with E-state index < -0.39 is 0 Å². The summed E-state index contributed by atoms with van der Waals surface area (Å²) in [6.07, 6.45) is 5.34. The van der Waals surface area contributed by atoms with Crippen LogP contribution in [-0.2, 0) is 0 Å². The largest absolute Gasteiger partial charge is 0.360 e. The number of rotatable bonds is 5. The Morgan fingerprint density at radius 2 is 2.24 bits per heavy atom. The minimum Gasteiger partial charge on any atom is -0.360 e. The minimum absolute atomic E-state index is 0.0435. The third-order valence-electron chi connectivity index (χ3n) is 2.90. The number of nitrogens with zero attached hydrogens (tertiary/aromatic N) is 1. The number of terminal acetylenes is 1. The molecule has 0 spiro atoms. The molecule has 1 aromatic rings. The van der Waals surface area contributed by atoms with E-state index >= 15 is 0 Å². The van der Waals surface area contributed by atoms with Crippen LogP contribution in [-0.4, -0.2) is 20.1 Å². The topological polar surface area (TPSA) is 15.3 Å². The molecule has 92 valence electrons. The highest BCUT2D eigenvalue weighted by Crippen LogP contribution is 2.28. The van der Waals surface area contributed by atoms with E-state index in [0.29, 0.717) is 12.1 Å². The van der Waals surface area contributed by atoms with E-state index in [-0.39, 0.29) is 11.9 Å². The molecule has 1 unspecified atom stereocenters. The lowest BCUT2D eigenvalue weighted by Crippen LogP contribution is -2.26. The fourth-order valence-corrected chi connectivity index (χ4v) is 1.85. The smallest absolute Gasteiger partial charge is 0.130 e. The fraction of sp³-hybridized carbons (Fsp3) is 0.429. The highest BCUT2D eigenvalue weighted by atomic mass is 19.1. The number of hydrogen-bond donors (Lipinski definition) is 1. The first-order chi connectivity index (χ1) is 8.15. The molecule has 1 atom stereocenters. The predicted octanol–water partition coefficient (Wildman–Crippen LogP) is 2.57. The van der Waals surface area contributed by atoms with Gasteiger partial charge in [-0.25, -0.2) is 4.39 Å². The predicted molar refractivity (Wildman–Crippen MR) is 70.6 cm³/mol. The normalized spacial score (nSPS) is 11.9. The van der Waals surface area contributed by atoms with Gasteiger partial charge in [-0.15, -0.1) is 6.42 Å². The van der Waals surface area contributed by atoms with Crippen LogP contribution in [0.4, 0.5) is 10.1 Å². The molecule has 0 saturated carbocycles. The van der Waals surface area contributed by atoms with Gasteiger partial charge < -0.3 is 10.2 Å². The second-order valence-corrected chi connectivity index (χ2v) is 3.90. The molecule has 0 bridgehead atoms. The van der Waals surface area contributed by atoms with E-state index in [2.05, 4.69) is 11.2 Å². The van der Waals surface area contributed by atoms with Crippen molar-refractivity contribution in [2.75, 3.05) is 25.0 Å². The van der Waals surface area contributed by atoms with Gasteiger partial charge in [0.25, 0.3) is 0 Å². The van der Waals surface area contributed by atoms with Crippen LogP contribution in [0.25, 0.3) is 0 Å². The summed E-state index contributed by atoms with van der Waals surface area (Å²) in [6.45, 7) is 5.20. The van der Waals surface area contributed by atoms with E-state index in [0.717, 1.165) is 12.2 Å². The first-order valence-corrected chi connectivity index (χ1v) is 5.79. The van der Waals surface area contributed by atoms with Gasteiger partial charge in [0.1, 0.15) is 5.82 Å². The SMILES string of the molecule is C#CCN(CC)c1cccc(F)c1C(C)NC. The van der Waals surface area contributed by atoms with E-state index in [1.165, 1.54) is 6.07 Å². The van der Waals surface area contributed by atoms with E-state index in [1.807, 2.05) is 31.9 Å². The highest BCUT2D eigenvalue weighted by molar-refractivity contribution is 5.56. The van der Waals surface area contributed by atoms with Gasteiger partial charge in [-0.3, -0.25) is 0 Å².